The number of hydrogen-bond donors (Lipinski definition) is 0. The Hall–Kier alpha value is -1.44. The first-order valence-corrected chi connectivity index (χ1v) is 4.77. The molecule has 0 amide bonds. The van der Waals surface area contributed by atoms with E-state index in [4.69, 9.17) is 10.1 Å². The second-order valence-corrected chi connectivity index (χ2v) is 3.57. The van der Waals surface area contributed by atoms with Crippen molar-refractivity contribution in [1.29, 1.82) is 5.26 Å². The van der Waals surface area contributed by atoms with E-state index in [-0.39, 0.29) is 11.9 Å². The maximum atomic E-state index is 13.2. The van der Waals surface area contributed by atoms with Crippen molar-refractivity contribution in [2.24, 2.45) is 0 Å². The van der Waals surface area contributed by atoms with Crippen LogP contribution >= 0.6 is 0 Å². The van der Waals surface area contributed by atoms with Gasteiger partial charge in [0.15, 0.2) is 0 Å². The molecule has 0 spiro atoms. The van der Waals surface area contributed by atoms with E-state index in [9.17, 15) is 4.39 Å². The highest BCUT2D eigenvalue weighted by molar-refractivity contribution is 5.35. The Morgan fingerprint density at radius 2 is 2.33 bits per heavy atom. The van der Waals surface area contributed by atoms with Gasteiger partial charge < -0.3 is 0 Å². The fraction of sp³-hybridized carbons (Fsp3) is 0.364. The predicted molar refractivity (Wildman–Crippen MR) is 52.2 cm³/mol. The quantitative estimate of drug-likeness (QED) is 0.705. The van der Waals surface area contributed by atoms with E-state index < -0.39 is 0 Å². The molecule has 1 saturated heterocycles. The van der Waals surface area contributed by atoms with Gasteiger partial charge in [-0.1, -0.05) is 0 Å². The number of hydroxylamine groups is 2. The summed E-state index contributed by atoms with van der Waals surface area (Å²) in [5, 5.41) is 10.4. The highest BCUT2D eigenvalue weighted by Gasteiger charge is 2.24. The lowest BCUT2D eigenvalue weighted by atomic mass is 10.0. The maximum absolute atomic E-state index is 13.2. The Labute approximate surface area is 87.6 Å². The standard InChI is InChI=1S/C11H11FN2O/c1-14-11(2-3-15-14)9-4-8(7-13)5-10(12)6-9/h4-6,11H,2-3H2,1H3/t11-/m0/s1. The van der Waals surface area contributed by atoms with Crippen LogP contribution in [0.3, 0.4) is 0 Å². The van der Waals surface area contributed by atoms with E-state index in [1.165, 1.54) is 12.1 Å². The van der Waals surface area contributed by atoms with E-state index in [2.05, 4.69) is 0 Å². The molecule has 2 rings (SSSR count). The van der Waals surface area contributed by atoms with Crippen molar-refractivity contribution in [2.45, 2.75) is 12.5 Å². The van der Waals surface area contributed by atoms with Crippen LogP contribution in [0.1, 0.15) is 23.6 Å². The van der Waals surface area contributed by atoms with Gasteiger partial charge in [0, 0.05) is 7.05 Å². The lowest BCUT2D eigenvalue weighted by Gasteiger charge is -2.17. The Morgan fingerprint density at radius 3 is 2.93 bits per heavy atom. The summed E-state index contributed by atoms with van der Waals surface area (Å²) in [5.41, 5.74) is 1.15. The third kappa shape index (κ3) is 1.99. The zero-order valence-corrected chi connectivity index (χ0v) is 8.40. The van der Waals surface area contributed by atoms with Crippen LogP contribution in [0.4, 0.5) is 4.39 Å². The van der Waals surface area contributed by atoms with Gasteiger partial charge in [-0.3, -0.25) is 4.84 Å². The van der Waals surface area contributed by atoms with Gasteiger partial charge in [0.05, 0.1) is 24.3 Å². The minimum Gasteiger partial charge on any atom is -0.299 e. The molecular formula is C11H11FN2O. The second-order valence-electron chi connectivity index (χ2n) is 3.57. The van der Waals surface area contributed by atoms with E-state index in [1.807, 2.05) is 13.1 Å². The molecule has 1 fully saturated rings. The minimum atomic E-state index is -0.371. The van der Waals surface area contributed by atoms with Crippen LogP contribution in [-0.4, -0.2) is 18.7 Å². The molecule has 3 nitrogen and oxygen atoms in total. The smallest absolute Gasteiger partial charge is 0.124 e. The van der Waals surface area contributed by atoms with Gasteiger partial charge >= 0.3 is 0 Å². The maximum Gasteiger partial charge on any atom is 0.124 e. The minimum absolute atomic E-state index is 0.0489. The average molecular weight is 206 g/mol. The first-order valence-electron chi connectivity index (χ1n) is 4.77. The summed E-state index contributed by atoms with van der Waals surface area (Å²) in [7, 11) is 1.81. The molecule has 1 atom stereocenters. The lowest BCUT2D eigenvalue weighted by Crippen LogP contribution is -2.16. The van der Waals surface area contributed by atoms with Gasteiger partial charge in [-0.2, -0.15) is 10.3 Å². The SMILES string of the molecule is CN1OCC[C@H]1c1cc(F)cc(C#N)c1. The van der Waals surface area contributed by atoms with Crippen LogP contribution in [0.2, 0.25) is 0 Å². The Kier molecular flexibility index (Phi) is 2.67. The molecule has 15 heavy (non-hydrogen) atoms. The fourth-order valence-corrected chi connectivity index (χ4v) is 1.83. The van der Waals surface area contributed by atoms with E-state index >= 15 is 0 Å². The number of hydrogen-bond acceptors (Lipinski definition) is 3. The molecular weight excluding hydrogens is 195 g/mol. The molecule has 0 N–H and O–H groups in total. The summed E-state index contributed by atoms with van der Waals surface area (Å²) in [6.45, 7) is 0.638. The van der Waals surface area contributed by atoms with Crippen molar-refractivity contribution in [1.82, 2.24) is 5.06 Å². The molecule has 0 aromatic heterocycles. The zero-order valence-electron chi connectivity index (χ0n) is 8.40. The molecule has 0 unspecified atom stereocenters. The third-order valence-electron chi connectivity index (χ3n) is 2.56. The van der Waals surface area contributed by atoms with Crippen LogP contribution in [0, 0.1) is 17.1 Å². The molecule has 0 radical (unpaired) electrons. The Bertz CT molecular complexity index is 414. The van der Waals surface area contributed by atoms with E-state index in [0.29, 0.717) is 12.2 Å². The van der Waals surface area contributed by atoms with Gasteiger partial charge in [-0.25, -0.2) is 4.39 Å². The zero-order chi connectivity index (χ0) is 10.8. The van der Waals surface area contributed by atoms with Crippen molar-refractivity contribution >= 4 is 0 Å². The number of rotatable bonds is 1. The summed E-state index contributed by atoms with van der Waals surface area (Å²) in [6, 6.07) is 6.39. The van der Waals surface area contributed by atoms with Crippen LogP contribution in [-0.2, 0) is 4.84 Å². The van der Waals surface area contributed by atoms with Crippen molar-refractivity contribution < 1.29 is 9.23 Å². The summed E-state index contributed by atoms with van der Waals surface area (Å²) >= 11 is 0. The number of nitriles is 1. The summed E-state index contributed by atoms with van der Waals surface area (Å²) in [4.78, 5) is 5.26. The van der Waals surface area contributed by atoms with Crippen molar-refractivity contribution in [3.05, 3.63) is 35.1 Å². The molecule has 78 valence electrons. The largest absolute Gasteiger partial charge is 0.299 e. The van der Waals surface area contributed by atoms with Gasteiger partial charge in [0.2, 0.25) is 0 Å². The molecule has 0 aliphatic carbocycles. The van der Waals surface area contributed by atoms with Crippen LogP contribution in [0.25, 0.3) is 0 Å². The lowest BCUT2D eigenvalue weighted by molar-refractivity contribution is -0.110. The normalized spacial score (nSPS) is 21.5. The topological polar surface area (TPSA) is 36.3 Å². The van der Waals surface area contributed by atoms with E-state index in [1.54, 1.807) is 11.1 Å². The number of nitrogens with zero attached hydrogens (tertiary/aromatic N) is 2. The Morgan fingerprint density at radius 1 is 1.53 bits per heavy atom. The molecule has 1 aromatic rings. The summed E-state index contributed by atoms with van der Waals surface area (Å²) < 4.78 is 13.2. The van der Waals surface area contributed by atoms with Crippen LogP contribution in [0.15, 0.2) is 18.2 Å². The Balaban J connectivity index is 2.36. The second kappa shape index (κ2) is 3.97. The highest BCUT2D eigenvalue weighted by Crippen LogP contribution is 2.29. The van der Waals surface area contributed by atoms with Gasteiger partial charge in [-0.15, -0.1) is 0 Å². The molecule has 1 aliphatic rings. The number of benzene rings is 1. The summed E-state index contributed by atoms with van der Waals surface area (Å²) in [6.07, 6.45) is 0.824. The third-order valence-corrected chi connectivity index (χ3v) is 2.56. The summed E-state index contributed by atoms with van der Waals surface area (Å²) in [5.74, 6) is -0.371. The predicted octanol–water partition coefficient (Wildman–Crippen LogP) is 2.01. The average Bonchev–Trinajstić information content (AvgIpc) is 2.63. The van der Waals surface area contributed by atoms with Crippen LogP contribution in [0.5, 0.6) is 0 Å². The van der Waals surface area contributed by atoms with Gasteiger partial charge in [-0.05, 0) is 30.2 Å². The van der Waals surface area contributed by atoms with Crippen molar-refractivity contribution in [3.8, 4) is 6.07 Å². The molecule has 0 bridgehead atoms. The first-order chi connectivity index (χ1) is 7.20. The fourth-order valence-electron chi connectivity index (χ4n) is 1.83. The number of halogens is 1. The van der Waals surface area contributed by atoms with Crippen LogP contribution < -0.4 is 0 Å². The van der Waals surface area contributed by atoms with E-state index in [0.717, 1.165) is 12.0 Å². The highest BCUT2D eigenvalue weighted by atomic mass is 19.1. The molecule has 1 heterocycles. The molecule has 1 aliphatic heterocycles. The van der Waals surface area contributed by atoms with Crippen molar-refractivity contribution in [3.63, 3.8) is 0 Å². The molecule has 1 aromatic carbocycles. The molecule has 0 saturated carbocycles. The monoisotopic (exact) mass is 206 g/mol. The first kappa shape index (κ1) is 10.1. The van der Waals surface area contributed by atoms with Gasteiger partial charge in [0.25, 0.3) is 0 Å². The van der Waals surface area contributed by atoms with Gasteiger partial charge in [0.1, 0.15) is 5.82 Å². The van der Waals surface area contributed by atoms with Crippen molar-refractivity contribution in [2.75, 3.05) is 13.7 Å². The molecule has 4 heteroatoms.